The molecule has 1 amide bonds. The molecule has 23 heavy (non-hydrogen) atoms. The number of amides is 1. The quantitative estimate of drug-likeness (QED) is 0.854. The van der Waals surface area contributed by atoms with E-state index in [1.165, 1.54) is 34.9 Å². The Hall–Kier alpha value is -2.77. The van der Waals surface area contributed by atoms with Gasteiger partial charge in [0.15, 0.2) is 0 Å². The first kappa shape index (κ1) is 15.1. The summed E-state index contributed by atoms with van der Waals surface area (Å²) in [6.45, 7) is 0. The van der Waals surface area contributed by atoms with Gasteiger partial charge in [-0.05, 0) is 6.07 Å². The molecule has 0 spiro atoms. The predicted molar refractivity (Wildman–Crippen MR) is 82.5 cm³/mol. The van der Waals surface area contributed by atoms with Crippen LogP contribution in [0.3, 0.4) is 0 Å². The molecule has 2 aliphatic rings. The molecule has 0 radical (unpaired) electrons. The number of nitrogens with two attached hydrogens (primary N) is 1. The van der Waals surface area contributed by atoms with Crippen molar-refractivity contribution in [3.63, 3.8) is 0 Å². The van der Waals surface area contributed by atoms with Gasteiger partial charge in [0.05, 0.1) is 34.2 Å². The molecule has 1 aromatic rings. The number of allylic oxidation sites excluding steroid dienone is 2. The van der Waals surface area contributed by atoms with Crippen LogP contribution in [0.1, 0.15) is 17.9 Å². The van der Waals surface area contributed by atoms with Gasteiger partial charge in [0.2, 0.25) is 5.91 Å². The van der Waals surface area contributed by atoms with Gasteiger partial charge < -0.3 is 5.73 Å². The number of carbonyl (C=O) groups is 1. The number of nitriles is 2. The highest BCUT2D eigenvalue weighted by atomic mass is 32.2. The van der Waals surface area contributed by atoms with E-state index in [4.69, 9.17) is 5.73 Å². The maximum absolute atomic E-state index is 14.2. The normalized spacial score (nSPS) is 20.9. The lowest BCUT2D eigenvalue weighted by molar-refractivity contribution is -0.127. The average Bonchev–Trinajstić information content (AvgIpc) is 2.55. The van der Waals surface area contributed by atoms with Gasteiger partial charge >= 0.3 is 0 Å². The fourth-order valence-corrected chi connectivity index (χ4v) is 3.88. The predicted octanol–water partition coefficient (Wildman–Crippen LogP) is 2.32. The van der Waals surface area contributed by atoms with Crippen molar-refractivity contribution >= 4 is 17.7 Å². The third-order valence-electron chi connectivity index (χ3n) is 3.79. The number of benzene rings is 1. The number of hydrogen-bond acceptors (Lipinski definition) is 5. The van der Waals surface area contributed by atoms with Crippen molar-refractivity contribution in [2.75, 3.05) is 5.75 Å². The Balaban J connectivity index is 2.28. The van der Waals surface area contributed by atoms with Crippen LogP contribution in [0.5, 0.6) is 0 Å². The summed E-state index contributed by atoms with van der Waals surface area (Å²) in [4.78, 5) is 13.4. The largest absolute Gasteiger partial charge is 0.384 e. The fourth-order valence-electron chi connectivity index (χ4n) is 2.76. The average molecular weight is 326 g/mol. The molecule has 1 fully saturated rings. The molecular weight excluding hydrogens is 315 g/mol. The zero-order chi connectivity index (χ0) is 16.6. The van der Waals surface area contributed by atoms with Crippen molar-refractivity contribution in [1.29, 1.82) is 10.5 Å². The highest BCUT2D eigenvalue weighted by Crippen LogP contribution is 2.46. The lowest BCUT2D eigenvalue weighted by Gasteiger charge is -2.36. The Morgan fingerprint density at radius 2 is 1.96 bits per heavy atom. The first-order chi connectivity index (χ1) is 11.1. The molecule has 0 unspecified atom stereocenters. The Kier molecular flexibility index (Phi) is 3.81. The summed E-state index contributed by atoms with van der Waals surface area (Å²) in [5, 5.41) is 19.5. The number of fused-ring (bicyclic) bond motifs is 1. The molecule has 1 aromatic carbocycles. The third-order valence-corrected chi connectivity index (χ3v) is 4.87. The summed E-state index contributed by atoms with van der Waals surface area (Å²) in [5.41, 5.74) is 6.41. The Morgan fingerprint density at radius 3 is 2.61 bits per heavy atom. The fraction of sp³-hybridized carbons (Fsp3) is 0.188. The molecule has 1 saturated heterocycles. The molecular formula is C16H11FN4OS. The van der Waals surface area contributed by atoms with Gasteiger partial charge in [0, 0.05) is 17.7 Å². The molecule has 0 aromatic heterocycles. The minimum Gasteiger partial charge on any atom is -0.384 e. The van der Waals surface area contributed by atoms with E-state index in [0.29, 0.717) is 10.8 Å². The first-order valence-corrected chi connectivity index (χ1v) is 7.83. The van der Waals surface area contributed by atoms with E-state index < -0.39 is 11.7 Å². The SMILES string of the molecule is N#CC1=C(N)N2C(=O)CCSC2=C(C#N)[C@@H]1c1ccccc1F. The number of thioether (sulfide) groups is 1. The topological polar surface area (TPSA) is 93.9 Å². The maximum Gasteiger partial charge on any atom is 0.233 e. The minimum absolute atomic E-state index is 0.0197. The molecule has 0 saturated carbocycles. The van der Waals surface area contributed by atoms with Crippen LogP contribution in [0.25, 0.3) is 0 Å². The Labute approximate surface area is 136 Å². The maximum atomic E-state index is 14.2. The van der Waals surface area contributed by atoms with E-state index in [9.17, 15) is 19.7 Å². The second kappa shape index (κ2) is 5.79. The Morgan fingerprint density at radius 1 is 1.26 bits per heavy atom. The molecule has 7 heteroatoms. The van der Waals surface area contributed by atoms with Crippen LogP contribution in [0.2, 0.25) is 0 Å². The Bertz CT molecular complexity index is 846. The molecule has 0 aliphatic carbocycles. The first-order valence-electron chi connectivity index (χ1n) is 6.84. The lowest BCUT2D eigenvalue weighted by Crippen LogP contribution is -2.40. The van der Waals surface area contributed by atoms with E-state index in [2.05, 4.69) is 0 Å². The molecule has 2 aliphatic heterocycles. The van der Waals surface area contributed by atoms with Crippen molar-refractivity contribution in [2.45, 2.75) is 12.3 Å². The van der Waals surface area contributed by atoms with Crippen LogP contribution in [-0.2, 0) is 4.79 Å². The molecule has 2 N–H and O–H groups in total. The molecule has 0 bridgehead atoms. The summed E-state index contributed by atoms with van der Waals surface area (Å²) >= 11 is 1.32. The van der Waals surface area contributed by atoms with Gasteiger partial charge in [-0.1, -0.05) is 18.2 Å². The summed E-state index contributed by atoms with van der Waals surface area (Å²) in [5.74, 6) is -1.17. The minimum atomic E-state index is -0.893. The highest BCUT2D eigenvalue weighted by molar-refractivity contribution is 8.03. The van der Waals surface area contributed by atoms with Gasteiger partial charge in [-0.2, -0.15) is 10.5 Å². The molecule has 2 heterocycles. The summed E-state index contributed by atoms with van der Waals surface area (Å²) in [6.07, 6.45) is 0.274. The molecule has 1 atom stereocenters. The van der Waals surface area contributed by atoms with Crippen LogP contribution in [0.15, 0.2) is 46.3 Å². The standard InChI is InChI=1S/C16H11FN4OS/c17-12-4-2-1-3-9(12)14-10(7-18)15(20)21-13(22)5-6-23-16(21)11(14)8-19/h1-4,14H,5-6,20H2/t14-/m1/s1. The van der Waals surface area contributed by atoms with E-state index in [-0.39, 0.29) is 34.9 Å². The van der Waals surface area contributed by atoms with Crippen LogP contribution >= 0.6 is 11.8 Å². The van der Waals surface area contributed by atoms with Crippen molar-refractivity contribution in [2.24, 2.45) is 5.73 Å². The second-order valence-corrected chi connectivity index (χ2v) is 6.11. The lowest BCUT2D eigenvalue weighted by atomic mass is 9.83. The van der Waals surface area contributed by atoms with Crippen LogP contribution < -0.4 is 5.73 Å². The zero-order valence-electron chi connectivity index (χ0n) is 11.9. The van der Waals surface area contributed by atoms with Crippen LogP contribution in [0, 0.1) is 28.5 Å². The van der Waals surface area contributed by atoms with Crippen LogP contribution in [0.4, 0.5) is 4.39 Å². The molecule has 5 nitrogen and oxygen atoms in total. The van der Waals surface area contributed by atoms with E-state index in [1.54, 1.807) is 6.07 Å². The molecule has 114 valence electrons. The zero-order valence-corrected chi connectivity index (χ0v) is 12.7. The summed E-state index contributed by atoms with van der Waals surface area (Å²) < 4.78 is 14.2. The molecule has 3 rings (SSSR count). The third kappa shape index (κ3) is 2.26. The van der Waals surface area contributed by atoms with E-state index in [1.807, 2.05) is 12.1 Å². The van der Waals surface area contributed by atoms with E-state index >= 15 is 0 Å². The monoisotopic (exact) mass is 326 g/mol. The number of halogens is 1. The van der Waals surface area contributed by atoms with Gasteiger partial charge in [0.1, 0.15) is 11.6 Å². The van der Waals surface area contributed by atoms with Crippen LogP contribution in [-0.4, -0.2) is 16.6 Å². The van der Waals surface area contributed by atoms with Crippen molar-refractivity contribution in [3.05, 3.63) is 57.6 Å². The van der Waals surface area contributed by atoms with Gasteiger partial charge in [-0.3, -0.25) is 9.69 Å². The number of rotatable bonds is 1. The number of hydrogen-bond donors (Lipinski definition) is 1. The van der Waals surface area contributed by atoms with Gasteiger partial charge in [0.25, 0.3) is 0 Å². The van der Waals surface area contributed by atoms with Gasteiger partial charge in [-0.25, -0.2) is 4.39 Å². The number of nitrogens with zero attached hydrogens (tertiary/aromatic N) is 3. The summed E-state index contributed by atoms with van der Waals surface area (Å²) in [6, 6.07) is 9.95. The van der Waals surface area contributed by atoms with Gasteiger partial charge in [-0.15, -0.1) is 11.8 Å². The summed E-state index contributed by atoms with van der Waals surface area (Å²) in [7, 11) is 0. The van der Waals surface area contributed by atoms with Crippen molar-refractivity contribution < 1.29 is 9.18 Å². The highest BCUT2D eigenvalue weighted by Gasteiger charge is 2.40. The van der Waals surface area contributed by atoms with Crippen molar-refractivity contribution in [3.8, 4) is 12.1 Å². The van der Waals surface area contributed by atoms with E-state index in [0.717, 1.165) is 0 Å². The number of carbonyl (C=O) groups excluding carboxylic acids is 1. The smallest absolute Gasteiger partial charge is 0.233 e. The van der Waals surface area contributed by atoms with Crippen molar-refractivity contribution in [1.82, 2.24) is 4.90 Å². The second-order valence-electron chi connectivity index (χ2n) is 5.02.